The second kappa shape index (κ2) is 7.40. The van der Waals surface area contributed by atoms with Gasteiger partial charge in [0.15, 0.2) is 5.82 Å². The van der Waals surface area contributed by atoms with Crippen molar-refractivity contribution in [3.05, 3.63) is 66.3 Å². The van der Waals surface area contributed by atoms with Crippen molar-refractivity contribution in [2.45, 2.75) is 25.0 Å². The van der Waals surface area contributed by atoms with Crippen molar-refractivity contribution in [3.8, 4) is 22.9 Å². The third-order valence-electron chi connectivity index (χ3n) is 5.03. The Morgan fingerprint density at radius 2 is 2.06 bits per heavy atom. The van der Waals surface area contributed by atoms with Crippen LogP contribution in [-0.4, -0.2) is 41.5 Å². The standard InChI is InChI=1S/C21H17FN6O3/c22-14-4-2-1-3-13(14)12-28-17(15-6-10-31-27-15)11-16(26-28)19-23-9-5-18(24-19)25-20(29)21(30)7-8-21/h1-6,9-11,30H,7-8,12H2,(H,23,24,25,29). The molecule has 0 spiro atoms. The monoisotopic (exact) mass is 420 g/mol. The van der Waals surface area contributed by atoms with Crippen molar-refractivity contribution in [2.75, 3.05) is 5.32 Å². The first-order valence-electron chi connectivity index (χ1n) is 9.61. The molecule has 0 bridgehead atoms. The maximum Gasteiger partial charge on any atom is 0.257 e. The van der Waals surface area contributed by atoms with Gasteiger partial charge in [-0.15, -0.1) is 0 Å². The van der Waals surface area contributed by atoms with E-state index in [1.54, 1.807) is 35.0 Å². The Morgan fingerprint density at radius 1 is 1.23 bits per heavy atom. The fourth-order valence-corrected chi connectivity index (χ4v) is 3.12. The van der Waals surface area contributed by atoms with Crippen LogP contribution in [-0.2, 0) is 11.3 Å². The zero-order valence-electron chi connectivity index (χ0n) is 16.2. The van der Waals surface area contributed by atoms with Gasteiger partial charge in [-0.05, 0) is 31.0 Å². The zero-order chi connectivity index (χ0) is 21.4. The number of hydrogen-bond donors (Lipinski definition) is 2. The van der Waals surface area contributed by atoms with Crippen LogP contribution in [0.1, 0.15) is 18.4 Å². The Labute approximate surface area is 175 Å². The number of rotatable bonds is 6. The van der Waals surface area contributed by atoms with Crippen LogP contribution in [0.2, 0.25) is 0 Å². The van der Waals surface area contributed by atoms with E-state index in [2.05, 4.69) is 25.5 Å². The van der Waals surface area contributed by atoms with Crippen molar-refractivity contribution in [1.82, 2.24) is 24.9 Å². The molecule has 156 valence electrons. The van der Waals surface area contributed by atoms with E-state index < -0.39 is 11.5 Å². The molecule has 3 aromatic heterocycles. The maximum absolute atomic E-state index is 14.2. The normalized spacial score (nSPS) is 14.4. The first kappa shape index (κ1) is 19.1. The summed E-state index contributed by atoms with van der Waals surface area (Å²) in [6, 6.07) is 11.4. The van der Waals surface area contributed by atoms with Crippen LogP contribution in [0.5, 0.6) is 0 Å². The minimum atomic E-state index is -1.31. The predicted octanol–water partition coefficient (Wildman–Crippen LogP) is 2.65. The molecule has 1 fully saturated rings. The van der Waals surface area contributed by atoms with Gasteiger partial charge < -0.3 is 14.9 Å². The highest BCUT2D eigenvalue weighted by Gasteiger charge is 2.48. The maximum atomic E-state index is 14.2. The molecule has 5 rings (SSSR count). The summed E-state index contributed by atoms with van der Waals surface area (Å²) in [5.41, 5.74) is 0.678. The van der Waals surface area contributed by atoms with E-state index in [0.29, 0.717) is 35.5 Å². The third kappa shape index (κ3) is 3.80. The Balaban J connectivity index is 1.49. The van der Waals surface area contributed by atoms with Crippen LogP contribution >= 0.6 is 0 Å². The van der Waals surface area contributed by atoms with Crippen molar-refractivity contribution in [1.29, 1.82) is 0 Å². The highest BCUT2D eigenvalue weighted by molar-refractivity contribution is 5.98. The molecular weight excluding hydrogens is 403 g/mol. The molecule has 0 unspecified atom stereocenters. The number of carbonyl (C=O) groups excluding carboxylic acids is 1. The van der Waals surface area contributed by atoms with Gasteiger partial charge >= 0.3 is 0 Å². The topological polar surface area (TPSA) is 119 Å². The van der Waals surface area contributed by atoms with E-state index in [9.17, 15) is 14.3 Å². The Morgan fingerprint density at radius 3 is 2.81 bits per heavy atom. The van der Waals surface area contributed by atoms with Gasteiger partial charge in [0.1, 0.15) is 34.9 Å². The fraction of sp³-hybridized carbons (Fsp3) is 0.190. The molecule has 9 nitrogen and oxygen atoms in total. The second-order valence-electron chi connectivity index (χ2n) is 7.30. The quantitative estimate of drug-likeness (QED) is 0.492. The molecule has 0 aliphatic heterocycles. The molecule has 1 aromatic carbocycles. The van der Waals surface area contributed by atoms with E-state index in [-0.39, 0.29) is 24.0 Å². The van der Waals surface area contributed by atoms with Crippen LogP contribution < -0.4 is 5.32 Å². The lowest BCUT2D eigenvalue weighted by molar-refractivity contribution is -0.125. The number of hydrogen-bond acceptors (Lipinski definition) is 7. The zero-order valence-corrected chi connectivity index (χ0v) is 16.2. The number of halogens is 1. The van der Waals surface area contributed by atoms with Crippen LogP contribution in [0.3, 0.4) is 0 Å². The summed E-state index contributed by atoms with van der Waals surface area (Å²) in [5, 5.41) is 21.0. The van der Waals surface area contributed by atoms with Gasteiger partial charge in [0.25, 0.3) is 5.91 Å². The summed E-state index contributed by atoms with van der Waals surface area (Å²) in [5.74, 6) is -0.324. The average molecular weight is 420 g/mol. The van der Waals surface area contributed by atoms with Crippen LogP contribution in [0, 0.1) is 5.82 Å². The van der Waals surface area contributed by atoms with E-state index in [1.807, 2.05) is 0 Å². The number of benzene rings is 1. The van der Waals surface area contributed by atoms with Gasteiger partial charge in [-0.1, -0.05) is 23.4 Å². The van der Waals surface area contributed by atoms with Gasteiger partial charge in [0.2, 0.25) is 0 Å². The van der Waals surface area contributed by atoms with Gasteiger partial charge in [-0.3, -0.25) is 9.48 Å². The summed E-state index contributed by atoms with van der Waals surface area (Å²) in [6.07, 6.45) is 3.78. The van der Waals surface area contributed by atoms with E-state index in [0.717, 1.165) is 0 Å². The van der Waals surface area contributed by atoms with Crippen molar-refractivity contribution < 1.29 is 18.8 Å². The Bertz CT molecular complexity index is 1250. The number of amides is 1. The number of nitrogens with one attached hydrogen (secondary N) is 1. The van der Waals surface area contributed by atoms with Crippen molar-refractivity contribution >= 4 is 11.7 Å². The molecule has 1 amide bonds. The largest absolute Gasteiger partial charge is 0.380 e. The number of nitrogens with zero attached hydrogens (tertiary/aromatic N) is 5. The minimum Gasteiger partial charge on any atom is -0.380 e. The van der Waals surface area contributed by atoms with Crippen LogP contribution in [0.4, 0.5) is 10.2 Å². The molecule has 0 saturated heterocycles. The minimum absolute atomic E-state index is 0.165. The van der Waals surface area contributed by atoms with Crippen LogP contribution in [0.25, 0.3) is 22.9 Å². The average Bonchev–Trinajstić information content (AvgIpc) is 3.17. The van der Waals surface area contributed by atoms with Crippen molar-refractivity contribution in [2.24, 2.45) is 0 Å². The molecule has 1 saturated carbocycles. The summed E-state index contributed by atoms with van der Waals surface area (Å²) in [4.78, 5) is 20.7. The number of carbonyl (C=O) groups is 1. The lowest BCUT2D eigenvalue weighted by Crippen LogP contribution is -2.29. The molecule has 31 heavy (non-hydrogen) atoms. The van der Waals surface area contributed by atoms with Crippen molar-refractivity contribution in [3.63, 3.8) is 0 Å². The lowest BCUT2D eigenvalue weighted by atomic mass is 10.2. The van der Waals surface area contributed by atoms with Gasteiger partial charge in [0.05, 0.1) is 12.2 Å². The summed E-state index contributed by atoms with van der Waals surface area (Å²) < 4.78 is 20.7. The SMILES string of the molecule is O=C(Nc1ccnc(-c2cc(-c3ccon3)n(Cc3ccccc3F)n2)n1)C1(O)CC1. The smallest absolute Gasteiger partial charge is 0.257 e. The highest BCUT2D eigenvalue weighted by Crippen LogP contribution is 2.36. The summed E-state index contributed by atoms with van der Waals surface area (Å²) in [6.45, 7) is 0.165. The molecule has 0 radical (unpaired) electrons. The molecule has 10 heteroatoms. The predicted molar refractivity (Wildman–Crippen MR) is 107 cm³/mol. The first-order chi connectivity index (χ1) is 15.0. The molecule has 1 aliphatic carbocycles. The Kier molecular flexibility index (Phi) is 4.55. The molecule has 1 aliphatic rings. The molecule has 4 aromatic rings. The van der Waals surface area contributed by atoms with E-state index in [4.69, 9.17) is 4.52 Å². The third-order valence-corrected chi connectivity index (χ3v) is 5.03. The number of aliphatic hydroxyl groups is 1. The molecule has 3 heterocycles. The van der Waals surface area contributed by atoms with Gasteiger partial charge in [0, 0.05) is 17.8 Å². The van der Waals surface area contributed by atoms with Crippen LogP contribution in [0.15, 0.2) is 59.4 Å². The molecule has 0 atom stereocenters. The fourth-order valence-electron chi connectivity index (χ4n) is 3.12. The van der Waals surface area contributed by atoms with Gasteiger partial charge in [-0.2, -0.15) is 5.10 Å². The summed E-state index contributed by atoms with van der Waals surface area (Å²) >= 11 is 0. The van der Waals surface area contributed by atoms with E-state index in [1.165, 1.54) is 24.6 Å². The highest BCUT2D eigenvalue weighted by atomic mass is 19.1. The van der Waals surface area contributed by atoms with E-state index >= 15 is 0 Å². The number of aromatic nitrogens is 5. The number of anilines is 1. The first-order valence-corrected chi connectivity index (χ1v) is 9.61. The second-order valence-corrected chi connectivity index (χ2v) is 7.30. The molecule has 2 N–H and O–H groups in total. The van der Waals surface area contributed by atoms with Gasteiger partial charge in [-0.25, -0.2) is 14.4 Å². The lowest BCUT2D eigenvalue weighted by Gasteiger charge is -2.08. The Hall–Kier alpha value is -3.92. The summed E-state index contributed by atoms with van der Waals surface area (Å²) in [7, 11) is 0. The molecular formula is C21H17FN6O3.